The quantitative estimate of drug-likeness (QED) is 0.638. The Kier molecular flexibility index (Phi) is 5.20. The number of esters is 1. The number of ether oxygens (including phenoxy) is 1. The summed E-state index contributed by atoms with van der Waals surface area (Å²) in [5, 5.41) is 1.56. The fraction of sp³-hybridized carbons (Fsp3) is 0.150. The van der Waals surface area contributed by atoms with Crippen molar-refractivity contribution in [2.24, 2.45) is 0 Å². The van der Waals surface area contributed by atoms with Crippen molar-refractivity contribution in [2.75, 3.05) is 5.01 Å². The van der Waals surface area contributed by atoms with E-state index in [4.69, 9.17) is 16.3 Å². The van der Waals surface area contributed by atoms with Gasteiger partial charge in [-0.05, 0) is 36.4 Å². The Morgan fingerprint density at radius 2 is 1.87 bits per heavy atom. The lowest BCUT2D eigenvalue weighted by atomic mass is 10.2. The van der Waals surface area contributed by atoms with Gasteiger partial charge in [0.15, 0.2) is 0 Å². The maximum Gasteiger partial charge on any atom is 0.338 e. The molecule has 0 unspecified atom stereocenters. The minimum Gasteiger partial charge on any atom is -0.456 e. The SMILES string of the molecule is O=C1CCC(=O)N(c2ccc(C(=O)OCc3cc(=O)n4cc(Cl)ccc4n3)cc2)N1. The molecule has 1 aromatic carbocycles. The number of hydrogen-bond donors (Lipinski definition) is 1. The van der Waals surface area contributed by atoms with Crippen LogP contribution in [0.3, 0.4) is 0 Å². The number of aromatic nitrogens is 2. The fourth-order valence-electron chi connectivity index (χ4n) is 2.95. The van der Waals surface area contributed by atoms with Gasteiger partial charge in [-0.2, -0.15) is 0 Å². The van der Waals surface area contributed by atoms with Gasteiger partial charge in [-0.15, -0.1) is 0 Å². The molecule has 0 saturated carbocycles. The molecule has 30 heavy (non-hydrogen) atoms. The number of benzene rings is 1. The lowest BCUT2D eigenvalue weighted by molar-refractivity contribution is -0.130. The van der Waals surface area contributed by atoms with Gasteiger partial charge in [0.05, 0.1) is 22.0 Å². The van der Waals surface area contributed by atoms with Crippen LogP contribution in [-0.4, -0.2) is 27.2 Å². The lowest BCUT2D eigenvalue weighted by Crippen LogP contribution is -2.50. The summed E-state index contributed by atoms with van der Waals surface area (Å²) >= 11 is 5.88. The van der Waals surface area contributed by atoms with Crippen molar-refractivity contribution < 1.29 is 19.1 Å². The van der Waals surface area contributed by atoms with E-state index in [1.54, 1.807) is 12.1 Å². The van der Waals surface area contributed by atoms with Gasteiger partial charge in [-0.25, -0.2) is 14.8 Å². The van der Waals surface area contributed by atoms with Crippen LogP contribution in [0, 0.1) is 0 Å². The molecule has 0 bridgehead atoms. The Bertz CT molecular complexity index is 1220. The van der Waals surface area contributed by atoms with Gasteiger partial charge < -0.3 is 4.74 Å². The molecule has 0 radical (unpaired) electrons. The van der Waals surface area contributed by atoms with Crippen molar-refractivity contribution in [1.82, 2.24) is 14.8 Å². The average Bonchev–Trinajstić information content (AvgIpc) is 2.74. The summed E-state index contributed by atoms with van der Waals surface area (Å²) < 4.78 is 6.54. The number of rotatable bonds is 4. The number of fused-ring (bicyclic) bond motifs is 1. The number of nitrogens with one attached hydrogen (secondary N) is 1. The predicted octanol–water partition coefficient (Wildman–Crippen LogP) is 1.86. The minimum atomic E-state index is -0.617. The van der Waals surface area contributed by atoms with Crippen molar-refractivity contribution in [3.05, 3.63) is 75.3 Å². The zero-order valence-electron chi connectivity index (χ0n) is 15.5. The monoisotopic (exact) mass is 426 g/mol. The molecule has 1 aliphatic rings. The first-order chi connectivity index (χ1) is 14.4. The second kappa shape index (κ2) is 7.96. The van der Waals surface area contributed by atoms with E-state index in [0.717, 1.165) is 5.01 Å². The number of nitrogens with zero attached hydrogens (tertiary/aromatic N) is 3. The van der Waals surface area contributed by atoms with Crippen LogP contribution in [0.15, 0.2) is 53.5 Å². The van der Waals surface area contributed by atoms with Gasteiger partial charge in [0.25, 0.3) is 5.56 Å². The summed E-state index contributed by atoms with van der Waals surface area (Å²) in [6, 6.07) is 10.5. The smallest absolute Gasteiger partial charge is 0.338 e. The van der Waals surface area contributed by atoms with E-state index in [0.29, 0.717) is 22.1 Å². The molecule has 2 aromatic heterocycles. The van der Waals surface area contributed by atoms with E-state index in [1.807, 2.05) is 0 Å². The van der Waals surface area contributed by atoms with E-state index < -0.39 is 5.97 Å². The molecule has 3 heterocycles. The number of hydrogen-bond acceptors (Lipinski definition) is 6. The Morgan fingerprint density at radius 3 is 2.63 bits per heavy atom. The van der Waals surface area contributed by atoms with Gasteiger partial charge >= 0.3 is 5.97 Å². The summed E-state index contributed by atoms with van der Waals surface area (Å²) in [6.45, 7) is -0.185. The first-order valence-electron chi connectivity index (χ1n) is 8.98. The highest BCUT2D eigenvalue weighted by Crippen LogP contribution is 2.18. The molecule has 1 aliphatic heterocycles. The van der Waals surface area contributed by atoms with Gasteiger partial charge in [-0.3, -0.25) is 24.2 Å². The van der Waals surface area contributed by atoms with E-state index >= 15 is 0 Å². The second-order valence-corrected chi connectivity index (χ2v) is 6.98. The van der Waals surface area contributed by atoms with Crippen molar-refractivity contribution in [2.45, 2.75) is 19.4 Å². The number of carbonyl (C=O) groups is 3. The molecular weight excluding hydrogens is 412 g/mol. The standard InChI is InChI=1S/C20H15ClN4O5/c21-13-3-6-16-22-14(9-19(28)24(16)10-13)11-30-20(29)12-1-4-15(5-2-12)25-18(27)8-7-17(26)23-25/h1-6,9-10H,7-8,11H2,(H,23,26). The molecule has 0 atom stereocenters. The Balaban J connectivity index is 1.45. The Hall–Kier alpha value is -3.72. The first kappa shape index (κ1) is 19.6. The summed E-state index contributed by atoms with van der Waals surface area (Å²) in [6.07, 6.45) is 1.73. The number of halogens is 1. The summed E-state index contributed by atoms with van der Waals surface area (Å²) in [5.74, 6) is -1.10. The third-order valence-corrected chi connectivity index (χ3v) is 4.66. The molecule has 2 amide bonds. The highest BCUT2D eigenvalue weighted by Gasteiger charge is 2.24. The molecule has 0 aliphatic carbocycles. The number of pyridine rings is 1. The average molecular weight is 427 g/mol. The van der Waals surface area contributed by atoms with E-state index in [2.05, 4.69) is 10.4 Å². The molecule has 152 valence electrons. The molecule has 9 nitrogen and oxygen atoms in total. The number of hydrazine groups is 1. The second-order valence-electron chi connectivity index (χ2n) is 6.55. The van der Waals surface area contributed by atoms with Crippen molar-refractivity contribution in [3.8, 4) is 0 Å². The first-order valence-corrected chi connectivity index (χ1v) is 9.36. The topological polar surface area (TPSA) is 110 Å². The van der Waals surface area contributed by atoms with E-state index in [9.17, 15) is 19.2 Å². The molecule has 1 fully saturated rings. The molecule has 10 heteroatoms. The zero-order valence-corrected chi connectivity index (χ0v) is 16.3. The minimum absolute atomic E-state index is 0.126. The molecular formula is C20H15ClN4O5. The van der Waals surface area contributed by atoms with Crippen molar-refractivity contribution >= 4 is 40.7 Å². The fourth-order valence-corrected chi connectivity index (χ4v) is 3.11. The number of amides is 2. The predicted molar refractivity (Wildman–Crippen MR) is 107 cm³/mol. The van der Waals surface area contributed by atoms with Gasteiger partial charge in [0, 0.05) is 25.1 Å². The van der Waals surface area contributed by atoms with Crippen LogP contribution in [-0.2, 0) is 20.9 Å². The third-order valence-electron chi connectivity index (χ3n) is 4.44. The van der Waals surface area contributed by atoms with Gasteiger partial charge in [0.2, 0.25) is 11.8 Å². The number of carbonyl (C=O) groups excluding carboxylic acids is 3. The normalized spacial score (nSPS) is 14.0. The highest BCUT2D eigenvalue weighted by atomic mass is 35.5. The maximum absolute atomic E-state index is 12.3. The van der Waals surface area contributed by atoms with Crippen LogP contribution in [0.25, 0.3) is 5.65 Å². The Morgan fingerprint density at radius 1 is 1.10 bits per heavy atom. The molecule has 1 N–H and O–H groups in total. The van der Waals surface area contributed by atoms with Crippen LogP contribution in [0.1, 0.15) is 28.9 Å². The molecule has 4 rings (SSSR count). The van der Waals surface area contributed by atoms with Crippen molar-refractivity contribution in [1.29, 1.82) is 0 Å². The van der Waals surface area contributed by atoms with Crippen LogP contribution < -0.4 is 16.0 Å². The van der Waals surface area contributed by atoms with Crippen LogP contribution in [0.2, 0.25) is 5.02 Å². The van der Waals surface area contributed by atoms with E-state index in [-0.39, 0.29) is 42.4 Å². The lowest BCUT2D eigenvalue weighted by Gasteiger charge is -2.27. The Labute approximate surface area is 174 Å². The largest absolute Gasteiger partial charge is 0.456 e. The summed E-state index contributed by atoms with van der Waals surface area (Å²) in [4.78, 5) is 52.2. The highest BCUT2D eigenvalue weighted by molar-refractivity contribution is 6.30. The van der Waals surface area contributed by atoms with Crippen LogP contribution >= 0.6 is 11.6 Å². The van der Waals surface area contributed by atoms with Crippen LogP contribution in [0.4, 0.5) is 5.69 Å². The zero-order chi connectivity index (χ0) is 21.3. The van der Waals surface area contributed by atoms with Gasteiger partial charge in [0.1, 0.15) is 12.3 Å². The van der Waals surface area contributed by atoms with E-state index in [1.165, 1.54) is 40.9 Å². The van der Waals surface area contributed by atoms with Gasteiger partial charge in [-0.1, -0.05) is 11.6 Å². The maximum atomic E-state index is 12.3. The molecule has 3 aromatic rings. The molecule has 1 saturated heterocycles. The summed E-state index contributed by atoms with van der Waals surface area (Å²) in [5.41, 5.74) is 3.51. The summed E-state index contributed by atoms with van der Waals surface area (Å²) in [7, 11) is 0. The van der Waals surface area contributed by atoms with Crippen molar-refractivity contribution in [3.63, 3.8) is 0 Å². The van der Waals surface area contributed by atoms with Crippen LogP contribution in [0.5, 0.6) is 0 Å². The third kappa shape index (κ3) is 4.01. The number of anilines is 1. The molecule has 0 spiro atoms.